The van der Waals surface area contributed by atoms with Crippen molar-refractivity contribution in [3.63, 3.8) is 0 Å². The van der Waals surface area contributed by atoms with E-state index in [-0.39, 0.29) is 31.3 Å². The summed E-state index contributed by atoms with van der Waals surface area (Å²) >= 11 is 0. The third-order valence-electron chi connectivity index (χ3n) is 4.75. The van der Waals surface area contributed by atoms with Crippen LogP contribution in [0.25, 0.3) is 11.4 Å². The van der Waals surface area contributed by atoms with E-state index in [9.17, 15) is 13.2 Å². The molecule has 0 aliphatic rings. The SMILES string of the molecule is COc1cccc(-c2noc(CNC(=O)CCCN(c3ccccc3OC)S(C)(=O)=O)n2)c1. The van der Waals surface area contributed by atoms with Gasteiger partial charge in [0, 0.05) is 18.5 Å². The number of aromatic nitrogens is 2. The molecule has 176 valence electrons. The smallest absolute Gasteiger partial charge is 0.246 e. The van der Waals surface area contributed by atoms with Crippen LogP contribution in [0.2, 0.25) is 0 Å². The Morgan fingerprint density at radius 1 is 1.12 bits per heavy atom. The lowest BCUT2D eigenvalue weighted by molar-refractivity contribution is -0.121. The zero-order valence-corrected chi connectivity index (χ0v) is 19.5. The number of ether oxygens (including phenoxy) is 2. The fraction of sp³-hybridized carbons (Fsp3) is 0.318. The molecule has 0 atom stereocenters. The van der Waals surface area contributed by atoms with Gasteiger partial charge in [0.2, 0.25) is 27.6 Å². The Labute approximate surface area is 192 Å². The summed E-state index contributed by atoms with van der Waals surface area (Å²) in [4.78, 5) is 16.5. The van der Waals surface area contributed by atoms with Crippen LogP contribution in [0.4, 0.5) is 5.69 Å². The molecule has 0 unspecified atom stereocenters. The summed E-state index contributed by atoms with van der Waals surface area (Å²) < 4.78 is 41.4. The number of nitrogens with zero attached hydrogens (tertiary/aromatic N) is 3. The first-order valence-corrected chi connectivity index (χ1v) is 12.0. The van der Waals surface area contributed by atoms with Gasteiger partial charge in [-0.2, -0.15) is 4.98 Å². The summed E-state index contributed by atoms with van der Waals surface area (Å²) in [5, 5.41) is 6.63. The first kappa shape index (κ1) is 24.1. The van der Waals surface area contributed by atoms with E-state index in [0.717, 1.165) is 11.8 Å². The van der Waals surface area contributed by atoms with Gasteiger partial charge in [0.25, 0.3) is 0 Å². The van der Waals surface area contributed by atoms with Crippen molar-refractivity contribution in [3.05, 3.63) is 54.4 Å². The lowest BCUT2D eigenvalue weighted by atomic mass is 10.2. The Morgan fingerprint density at radius 3 is 2.64 bits per heavy atom. The number of anilines is 1. The quantitative estimate of drug-likeness (QED) is 0.450. The largest absolute Gasteiger partial charge is 0.497 e. The highest BCUT2D eigenvalue weighted by atomic mass is 32.2. The van der Waals surface area contributed by atoms with Gasteiger partial charge in [-0.25, -0.2) is 8.42 Å². The van der Waals surface area contributed by atoms with Gasteiger partial charge in [0.05, 0.1) is 32.7 Å². The van der Waals surface area contributed by atoms with Crippen molar-refractivity contribution in [2.45, 2.75) is 19.4 Å². The zero-order chi connectivity index (χ0) is 23.8. The van der Waals surface area contributed by atoms with Crippen molar-refractivity contribution in [2.24, 2.45) is 0 Å². The molecule has 10 nitrogen and oxygen atoms in total. The molecule has 0 radical (unpaired) electrons. The molecule has 3 aromatic rings. The topological polar surface area (TPSA) is 124 Å². The summed E-state index contributed by atoms with van der Waals surface area (Å²) in [6.07, 6.45) is 1.56. The van der Waals surface area contributed by atoms with Gasteiger partial charge in [-0.1, -0.05) is 29.4 Å². The summed E-state index contributed by atoms with van der Waals surface area (Å²) in [7, 11) is -0.506. The number of amides is 1. The molecule has 0 fully saturated rings. The Hall–Kier alpha value is -3.60. The molecule has 1 N–H and O–H groups in total. The average Bonchev–Trinajstić information content (AvgIpc) is 3.29. The van der Waals surface area contributed by atoms with Crippen molar-refractivity contribution < 1.29 is 27.2 Å². The van der Waals surface area contributed by atoms with Crippen molar-refractivity contribution in [1.29, 1.82) is 0 Å². The number of para-hydroxylation sites is 2. The molecule has 0 aliphatic heterocycles. The fourth-order valence-electron chi connectivity index (χ4n) is 3.15. The molecule has 1 aromatic heterocycles. The highest BCUT2D eigenvalue weighted by Crippen LogP contribution is 2.29. The predicted molar refractivity (Wildman–Crippen MR) is 123 cm³/mol. The Balaban J connectivity index is 1.53. The van der Waals surface area contributed by atoms with Crippen LogP contribution in [-0.4, -0.2) is 51.5 Å². The van der Waals surface area contributed by atoms with Crippen LogP contribution in [-0.2, 0) is 21.4 Å². The molecule has 0 aliphatic carbocycles. The Morgan fingerprint density at radius 2 is 1.91 bits per heavy atom. The monoisotopic (exact) mass is 474 g/mol. The Bertz CT molecular complexity index is 1190. The van der Waals surface area contributed by atoms with E-state index >= 15 is 0 Å². The molecular weight excluding hydrogens is 448 g/mol. The molecule has 0 bridgehead atoms. The molecule has 0 saturated carbocycles. The number of methoxy groups -OCH3 is 2. The van der Waals surface area contributed by atoms with Gasteiger partial charge in [-0.3, -0.25) is 9.10 Å². The highest BCUT2D eigenvalue weighted by Gasteiger charge is 2.21. The van der Waals surface area contributed by atoms with E-state index in [4.69, 9.17) is 14.0 Å². The summed E-state index contributed by atoms with van der Waals surface area (Å²) in [6.45, 7) is 0.200. The zero-order valence-electron chi connectivity index (χ0n) is 18.6. The van der Waals surface area contributed by atoms with E-state index in [1.165, 1.54) is 11.4 Å². The minimum absolute atomic E-state index is 0.0676. The number of nitrogens with one attached hydrogen (secondary N) is 1. The maximum absolute atomic E-state index is 12.3. The lowest BCUT2D eigenvalue weighted by Gasteiger charge is -2.24. The van der Waals surface area contributed by atoms with Crippen LogP contribution in [0.15, 0.2) is 53.1 Å². The fourth-order valence-corrected chi connectivity index (χ4v) is 4.12. The van der Waals surface area contributed by atoms with Gasteiger partial charge < -0.3 is 19.3 Å². The molecule has 33 heavy (non-hydrogen) atoms. The first-order valence-electron chi connectivity index (χ1n) is 10.2. The summed E-state index contributed by atoms with van der Waals surface area (Å²) in [5.74, 6) is 1.50. The van der Waals surface area contributed by atoms with E-state index in [1.54, 1.807) is 37.4 Å². The lowest BCUT2D eigenvalue weighted by Crippen LogP contribution is -2.32. The molecule has 2 aromatic carbocycles. The Kier molecular flexibility index (Phi) is 7.88. The van der Waals surface area contributed by atoms with Crippen molar-refractivity contribution in [2.75, 3.05) is 31.3 Å². The van der Waals surface area contributed by atoms with E-state index in [2.05, 4.69) is 15.5 Å². The number of carbonyl (C=O) groups is 1. The van der Waals surface area contributed by atoms with Gasteiger partial charge in [-0.05, 0) is 30.7 Å². The molecule has 11 heteroatoms. The van der Waals surface area contributed by atoms with Gasteiger partial charge in [0.1, 0.15) is 11.5 Å². The number of hydrogen-bond donors (Lipinski definition) is 1. The van der Waals surface area contributed by atoms with Gasteiger partial charge in [0.15, 0.2) is 0 Å². The second-order valence-corrected chi connectivity index (χ2v) is 9.04. The maximum atomic E-state index is 12.3. The van der Waals surface area contributed by atoms with E-state index in [1.807, 2.05) is 18.2 Å². The minimum atomic E-state index is -3.55. The number of carbonyl (C=O) groups excluding carboxylic acids is 1. The molecular formula is C22H26N4O6S. The first-order chi connectivity index (χ1) is 15.8. The highest BCUT2D eigenvalue weighted by molar-refractivity contribution is 7.92. The average molecular weight is 475 g/mol. The van der Waals surface area contributed by atoms with Crippen LogP contribution >= 0.6 is 0 Å². The summed E-state index contributed by atoms with van der Waals surface area (Å²) in [6, 6.07) is 14.1. The van der Waals surface area contributed by atoms with Crippen molar-refractivity contribution >= 4 is 21.6 Å². The molecule has 0 spiro atoms. The van der Waals surface area contributed by atoms with Gasteiger partial charge in [-0.15, -0.1) is 0 Å². The van der Waals surface area contributed by atoms with Crippen LogP contribution in [0.1, 0.15) is 18.7 Å². The molecule has 0 saturated heterocycles. The van der Waals surface area contributed by atoms with Crippen LogP contribution in [0.3, 0.4) is 0 Å². The third-order valence-corrected chi connectivity index (χ3v) is 5.93. The molecule has 1 amide bonds. The van der Waals surface area contributed by atoms with Crippen LogP contribution in [0, 0.1) is 0 Å². The summed E-state index contributed by atoms with van der Waals surface area (Å²) in [5.41, 5.74) is 1.16. The molecule has 3 rings (SSSR count). The van der Waals surface area contributed by atoms with Crippen LogP contribution in [0.5, 0.6) is 11.5 Å². The second-order valence-electron chi connectivity index (χ2n) is 7.13. The normalized spacial score (nSPS) is 11.1. The number of sulfonamides is 1. The van der Waals surface area contributed by atoms with E-state index < -0.39 is 10.0 Å². The van der Waals surface area contributed by atoms with Crippen molar-refractivity contribution in [3.8, 4) is 22.9 Å². The standard InChI is InChI=1S/C22H26N4O6S/c1-30-17-9-6-8-16(14-17)22-24-21(32-25-22)15-23-20(27)12-7-13-26(33(3,28)29)18-10-4-5-11-19(18)31-2/h4-6,8-11,14H,7,12-13,15H2,1-3H3,(H,23,27). The number of rotatable bonds is 11. The minimum Gasteiger partial charge on any atom is -0.497 e. The van der Waals surface area contributed by atoms with E-state index in [0.29, 0.717) is 29.4 Å². The number of hydrogen-bond acceptors (Lipinski definition) is 8. The van der Waals surface area contributed by atoms with Crippen LogP contribution < -0.4 is 19.1 Å². The van der Waals surface area contributed by atoms with Gasteiger partial charge >= 0.3 is 0 Å². The van der Waals surface area contributed by atoms with Crippen molar-refractivity contribution in [1.82, 2.24) is 15.5 Å². The number of benzene rings is 2. The maximum Gasteiger partial charge on any atom is 0.246 e. The third kappa shape index (κ3) is 6.45. The second kappa shape index (κ2) is 10.8. The predicted octanol–water partition coefficient (Wildman–Crippen LogP) is 2.62. The molecule has 1 heterocycles.